The predicted molar refractivity (Wildman–Crippen MR) is 109 cm³/mol. The molecule has 1 aliphatic rings. The van der Waals surface area contributed by atoms with Crippen molar-refractivity contribution in [1.82, 2.24) is 20.0 Å². The van der Waals surface area contributed by atoms with Crippen LogP contribution in [0.2, 0.25) is 0 Å². The molecule has 5 nitrogen and oxygen atoms in total. The number of aliphatic imine (C=N–C) groups is 1. The molecule has 23 heavy (non-hydrogen) atoms. The van der Waals surface area contributed by atoms with Crippen molar-refractivity contribution in [3.63, 3.8) is 0 Å². The minimum atomic E-state index is 0. The van der Waals surface area contributed by atoms with Crippen molar-refractivity contribution in [3.8, 4) is 0 Å². The molecule has 2 heterocycles. The molecule has 2 aromatic rings. The largest absolute Gasteiger partial charge is 0.357 e. The van der Waals surface area contributed by atoms with Gasteiger partial charge in [0.25, 0.3) is 0 Å². The summed E-state index contributed by atoms with van der Waals surface area (Å²) in [6.07, 6.45) is 9.16. The molecule has 0 saturated heterocycles. The lowest BCUT2D eigenvalue weighted by molar-refractivity contribution is 0.613. The van der Waals surface area contributed by atoms with E-state index in [1.807, 2.05) is 28.9 Å². The van der Waals surface area contributed by atoms with Gasteiger partial charge in [0.15, 0.2) is 5.96 Å². The number of pyridine rings is 1. The zero-order chi connectivity index (χ0) is 15.4. The highest BCUT2D eigenvalue weighted by Gasteiger charge is 2.15. The van der Waals surface area contributed by atoms with Crippen LogP contribution in [0.4, 0.5) is 0 Å². The fraction of sp³-hybridized carbons (Fsp3) is 0.500. The van der Waals surface area contributed by atoms with E-state index in [0.717, 1.165) is 28.3 Å². The lowest BCUT2D eigenvalue weighted by Crippen LogP contribution is -2.42. The van der Waals surface area contributed by atoms with Crippen LogP contribution in [0, 0.1) is 0 Å². The van der Waals surface area contributed by atoms with Gasteiger partial charge < -0.3 is 15.0 Å². The van der Waals surface area contributed by atoms with E-state index in [1.54, 1.807) is 0 Å². The van der Waals surface area contributed by atoms with Gasteiger partial charge in [-0.3, -0.25) is 0 Å². The molecule has 7 heteroatoms. The normalized spacial score (nSPS) is 15.7. The first kappa shape index (κ1) is 18.5. The number of hydrogen-bond acceptors (Lipinski definition) is 2. The lowest BCUT2D eigenvalue weighted by Gasteiger charge is -2.16. The Morgan fingerprint density at radius 1 is 1.35 bits per heavy atom. The topological polar surface area (TPSA) is 53.7 Å². The van der Waals surface area contributed by atoms with E-state index in [0.29, 0.717) is 12.6 Å². The van der Waals surface area contributed by atoms with Crippen LogP contribution < -0.4 is 10.6 Å². The molecule has 1 saturated carbocycles. The molecular formula is C16H23BrIN5. The van der Waals surface area contributed by atoms with Crippen molar-refractivity contribution in [3.05, 3.63) is 34.7 Å². The second kappa shape index (κ2) is 8.86. The monoisotopic (exact) mass is 491 g/mol. The smallest absolute Gasteiger partial charge is 0.191 e. The average molecular weight is 492 g/mol. The van der Waals surface area contributed by atoms with Crippen molar-refractivity contribution in [2.75, 3.05) is 6.54 Å². The van der Waals surface area contributed by atoms with E-state index in [4.69, 9.17) is 0 Å². The van der Waals surface area contributed by atoms with Gasteiger partial charge in [-0.05, 0) is 47.8 Å². The molecule has 0 spiro atoms. The summed E-state index contributed by atoms with van der Waals surface area (Å²) in [7, 11) is 0. The van der Waals surface area contributed by atoms with Gasteiger partial charge in [-0.1, -0.05) is 12.8 Å². The van der Waals surface area contributed by atoms with Crippen LogP contribution in [0.5, 0.6) is 0 Å². The SMILES string of the molecule is CCNC(=NCc1cn2cc(Br)ccc2n1)NC1CCCC1.I. The molecule has 0 amide bonds. The molecule has 1 aliphatic carbocycles. The summed E-state index contributed by atoms with van der Waals surface area (Å²) in [5.41, 5.74) is 1.92. The van der Waals surface area contributed by atoms with Crippen LogP contribution in [0.25, 0.3) is 5.65 Å². The maximum atomic E-state index is 4.67. The fourth-order valence-electron chi connectivity index (χ4n) is 2.84. The number of aromatic nitrogens is 2. The Morgan fingerprint density at radius 3 is 2.87 bits per heavy atom. The molecule has 2 aromatic heterocycles. The number of rotatable bonds is 4. The van der Waals surface area contributed by atoms with E-state index in [1.165, 1.54) is 25.7 Å². The van der Waals surface area contributed by atoms with Gasteiger partial charge >= 0.3 is 0 Å². The second-order valence-electron chi connectivity index (χ2n) is 5.67. The summed E-state index contributed by atoms with van der Waals surface area (Å²) in [5, 5.41) is 6.85. The summed E-state index contributed by atoms with van der Waals surface area (Å²) < 4.78 is 3.07. The maximum Gasteiger partial charge on any atom is 0.191 e. The van der Waals surface area contributed by atoms with Crippen molar-refractivity contribution >= 4 is 51.5 Å². The van der Waals surface area contributed by atoms with Crippen molar-refractivity contribution in [1.29, 1.82) is 0 Å². The Hall–Kier alpha value is -0.830. The number of guanidine groups is 1. The van der Waals surface area contributed by atoms with Gasteiger partial charge in [0.1, 0.15) is 5.65 Å². The molecular weight excluding hydrogens is 469 g/mol. The average Bonchev–Trinajstić information content (AvgIpc) is 3.13. The molecule has 0 unspecified atom stereocenters. The van der Waals surface area contributed by atoms with Gasteiger partial charge in [0, 0.05) is 29.5 Å². The van der Waals surface area contributed by atoms with Crippen molar-refractivity contribution in [2.24, 2.45) is 4.99 Å². The highest BCUT2D eigenvalue weighted by molar-refractivity contribution is 14.0. The highest BCUT2D eigenvalue weighted by atomic mass is 127. The zero-order valence-corrected chi connectivity index (χ0v) is 17.2. The van der Waals surface area contributed by atoms with E-state index in [-0.39, 0.29) is 24.0 Å². The first-order chi connectivity index (χ1) is 10.7. The summed E-state index contributed by atoms with van der Waals surface area (Å²) >= 11 is 3.48. The third-order valence-electron chi connectivity index (χ3n) is 3.90. The molecule has 1 fully saturated rings. The predicted octanol–water partition coefficient (Wildman–Crippen LogP) is 3.71. The number of nitrogens with one attached hydrogen (secondary N) is 2. The summed E-state index contributed by atoms with van der Waals surface area (Å²) in [4.78, 5) is 9.27. The molecule has 0 bridgehead atoms. The first-order valence-electron chi connectivity index (χ1n) is 7.92. The molecule has 2 N–H and O–H groups in total. The molecule has 3 rings (SSSR count). The molecule has 126 valence electrons. The Balaban J connectivity index is 0.00000192. The molecule has 0 radical (unpaired) electrons. The van der Waals surface area contributed by atoms with Crippen molar-refractivity contribution < 1.29 is 0 Å². The third kappa shape index (κ3) is 5.07. The van der Waals surface area contributed by atoms with Crippen LogP contribution >= 0.6 is 39.9 Å². The van der Waals surface area contributed by atoms with Crippen LogP contribution in [-0.4, -0.2) is 27.9 Å². The maximum absolute atomic E-state index is 4.67. The number of imidazole rings is 1. The Labute approximate surface area is 162 Å². The fourth-order valence-corrected chi connectivity index (χ4v) is 3.19. The van der Waals surface area contributed by atoms with E-state index < -0.39 is 0 Å². The second-order valence-corrected chi connectivity index (χ2v) is 6.58. The first-order valence-corrected chi connectivity index (χ1v) is 8.72. The third-order valence-corrected chi connectivity index (χ3v) is 4.37. The van der Waals surface area contributed by atoms with Crippen LogP contribution in [0.1, 0.15) is 38.3 Å². The summed E-state index contributed by atoms with van der Waals surface area (Å²) in [5.74, 6) is 0.896. The van der Waals surface area contributed by atoms with E-state index in [9.17, 15) is 0 Å². The van der Waals surface area contributed by atoms with Gasteiger partial charge in [-0.25, -0.2) is 9.98 Å². The number of halogens is 2. The summed E-state index contributed by atoms with van der Waals surface area (Å²) in [6, 6.07) is 4.57. The number of hydrogen-bond donors (Lipinski definition) is 2. The van der Waals surface area contributed by atoms with Crippen LogP contribution in [-0.2, 0) is 6.54 Å². The zero-order valence-electron chi connectivity index (χ0n) is 13.3. The lowest BCUT2D eigenvalue weighted by atomic mass is 10.2. The molecule has 0 aromatic carbocycles. The minimum absolute atomic E-state index is 0. The Morgan fingerprint density at radius 2 is 2.13 bits per heavy atom. The number of fused-ring (bicyclic) bond motifs is 1. The highest BCUT2D eigenvalue weighted by Crippen LogP contribution is 2.17. The molecule has 0 atom stereocenters. The van der Waals surface area contributed by atoms with Crippen LogP contribution in [0.3, 0.4) is 0 Å². The summed E-state index contributed by atoms with van der Waals surface area (Å²) in [6.45, 7) is 3.55. The van der Waals surface area contributed by atoms with Gasteiger partial charge in [0.05, 0.1) is 12.2 Å². The Kier molecular flexibility index (Phi) is 7.13. The quantitative estimate of drug-likeness (QED) is 0.389. The number of nitrogens with zero attached hydrogens (tertiary/aromatic N) is 3. The van der Waals surface area contributed by atoms with Gasteiger partial charge in [-0.2, -0.15) is 0 Å². The Bertz CT molecular complexity index is 664. The van der Waals surface area contributed by atoms with E-state index >= 15 is 0 Å². The van der Waals surface area contributed by atoms with Crippen LogP contribution in [0.15, 0.2) is 34.0 Å². The standard InChI is InChI=1S/C16H22BrN5.HI/c1-2-18-16(21-13-5-3-4-6-13)19-9-14-11-22-10-12(17)7-8-15(22)20-14;/h7-8,10-11,13H,2-6,9H2,1H3,(H2,18,19,21);1H. The van der Waals surface area contributed by atoms with Gasteiger partial charge in [-0.15, -0.1) is 24.0 Å². The van der Waals surface area contributed by atoms with Crippen molar-refractivity contribution in [2.45, 2.75) is 45.2 Å². The van der Waals surface area contributed by atoms with Gasteiger partial charge in [0.2, 0.25) is 0 Å². The molecule has 0 aliphatic heterocycles. The minimum Gasteiger partial charge on any atom is -0.357 e. The van der Waals surface area contributed by atoms with E-state index in [2.05, 4.69) is 43.5 Å².